The number of ether oxygens (including phenoxy) is 1. The standard InChI is InChI=1S/C30H41N3O5/c1-6-16-31(17-7-2)26(35)23-24-27(36)33(21(4)20-34)25(30(24)15-14-29(23,5)38-30)28(37)32(18-8-3)19-22-12-10-9-11-13-22/h6,8-13,21,23-25,34H,1,3,7,14-20H2,2,4-5H3/t21-,23-,24+,25?,29+,30?/m1/s1. The molecule has 3 fully saturated rings. The van der Waals surface area contributed by atoms with Crippen LogP contribution in [0, 0.1) is 11.8 Å². The number of aliphatic hydroxyl groups is 1. The molecule has 3 heterocycles. The van der Waals surface area contributed by atoms with Crippen LogP contribution in [0.3, 0.4) is 0 Å². The van der Waals surface area contributed by atoms with Crippen molar-refractivity contribution in [3.63, 3.8) is 0 Å². The number of fused-ring (bicyclic) bond motifs is 1. The van der Waals surface area contributed by atoms with E-state index in [1.807, 2.05) is 44.2 Å². The third-order valence-corrected chi connectivity index (χ3v) is 8.49. The van der Waals surface area contributed by atoms with E-state index in [4.69, 9.17) is 4.74 Å². The third kappa shape index (κ3) is 4.47. The van der Waals surface area contributed by atoms with Crippen molar-refractivity contribution >= 4 is 17.7 Å². The molecular formula is C30H41N3O5. The van der Waals surface area contributed by atoms with Crippen LogP contribution in [0.25, 0.3) is 0 Å². The quantitative estimate of drug-likeness (QED) is 0.426. The Balaban J connectivity index is 1.77. The average Bonchev–Trinajstić information content (AvgIpc) is 3.48. The number of aliphatic hydroxyl groups excluding tert-OH is 1. The molecule has 6 atom stereocenters. The molecular weight excluding hydrogens is 482 g/mol. The summed E-state index contributed by atoms with van der Waals surface area (Å²) in [6, 6.07) is 8.12. The Morgan fingerprint density at radius 1 is 1.16 bits per heavy atom. The topological polar surface area (TPSA) is 90.4 Å². The van der Waals surface area contributed by atoms with E-state index in [9.17, 15) is 19.5 Å². The molecule has 2 bridgehead atoms. The van der Waals surface area contributed by atoms with Crippen molar-refractivity contribution in [3.8, 4) is 0 Å². The summed E-state index contributed by atoms with van der Waals surface area (Å²) in [5.74, 6) is -2.17. The Morgan fingerprint density at radius 3 is 2.42 bits per heavy atom. The van der Waals surface area contributed by atoms with Gasteiger partial charge in [0.25, 0.3) is 0 Å². The molecule has 38 heavy (non-hydrogen) atoms. The summed E-state index contributed by atoms with van der Waals surface area (Å²) in [5, 5.41) is 10.1. The zero-order chi connectivity index (χ0) is 27.7. The van der Waals surface area contributed by atoms with E-state index in [1.54, 1.807) is 28.9 Å². The second-order valence-corrected chi connectivity index (χ2v) is 11.1. The molecule has 0 aromatic heterocycles. The number of carbonyl (C=O) groups excluding carboxylic acids is 3. The van der Waals surface area contributed by atoms with Crippen LogP contribution in [-0.2, 0) is 25.7 Å². The van der Waals surface area contributed by atoms with Gasteiger partial charge in [0.05, 0.1) is 30.1 Å². The van der Waals surface area contributed by atoms with Crippen molar-refractivity contribution in [2.45, 2.75) is 69.9 Å². The largest absolute Gasteiger partial charge is 0.394 e. The number of nitrogens with zero attached hydrogens (tertiary/aromatic N) is 3. The van der Waals surface area contributed by atoms with Gasteiger partial charge in [-0.15, -0.1) is 13.2 Å². The number of benzene rings is 1. The maximum Gasteiger partial charge on any atom is 0.249 e. The summed E-state index contributed by atoms with van der Waals surface area (Å²) in [5.41, 5.74) is -1.02. The van der Waals surface area contributed by atoms with Crippen LogP contribution in [0.5, 0.6) is 0 Å². The number of likely N-dealkylation sites (tertiary alicyclic amines) is 1. The second kappa shape index (κ2) is 11.0. The molecule has 4 rings (SSSR count). The van der Waals surface area contributed by atoms with Crippen molar-refractivity contribution in [1.29, 1.82) is 0 Å². The maximum absolute atomic E-state index is 14.4. The van der Waals surface area contributed by atoms with Crippen LogP contribution in [0.2, 0.25) is 0 Å². The third-order valence-electron chi connectivity index (χ3n) is 8.49. The molecule has 2 unspecified atom stereocenters. The van der Waals surface area contributed by atoms with E-state index in [0.717, 1.165) is 12.0 Å². The Morgan fingerprint density at radius 2 is 1.82 bits per heavy atom. The molecule has 1 aromatic rings. The average molecular weight is 524 g/mol. The lowest BCUT2D eigenvalue weighted by molar-refractivity contribution is -0.156. The number of rotatable bonds is 12. The van der Waals surface area contributed by atoms with Gasteiger partial charge in [0.2, 0.25) is 17.7 Å². The molecule has 3 amide bonds. The van der Waals surface area contributed by atoms with Crippen LogP contribution < -0.4 is 0 Å². The Hall–Kier alpha value is -2.97. The van der Waals surface area contributed by atoms with E-state index in [-0.39, 0.29) is 24.3 Å². The highest BCUT2D eigenvalue weighted by atomic mass is 16.5. The van der Waals surface area contributed by atoms with Gasteiger partial charge in [-0.2, -0.15) is 0 Å². The van der Waals surface area contributed by atoms with Crippen LogP contribution in [-0.4, -0.2) is 87.1 Å². The molecule has 0 aliphatic carbocycles. The lowest BCUT2D eigenvalue weighted by atomic mass is 9.66. The van der Waals surface area contributed by atoms with Crippen molar-refractivity contribution in [2.75, 3.05) is 26.2 Å². The van der Waals surface area contributed by atoms with Crippen LogP contribution in [0.15, 0.2) is 55.6 Å². The van der Waals surface area contributed by atoms with E-state index in [2.05, 4.69) is 13.2 Å². The predicted octanol–water partition coefficient (Wildman–Crippen LogP) is 2.77. The van der Waals surface area contributed by atoms with Gasteiger partial charge in [0, 0.05) is 26.2 Å². The highest BCUT2D eigenvalue weighted by Gasteiger charge is 2.78. The number of hydrogen-bond acceptors (Lipinski definition) is 5. The summed E-state index contributed by atoms with van der Waals surface area (Å²) < 4.78 is 6.73. The summed E-state index contributed by atoms with van der Waals surface area (Å²) in [4.78, 5) is 47.4. The summed E-state index contributed by atoms with van der Waals surface area (Å²) in [7, 11) is 0. The lowest BCUT2D eigenvalue weighted by Gasteiger charge is -2.38. The smallest absolute Gasteiger partial charge is 0.249 e. The lowest BCUT2D eigenvalue weighted by Crippen LogP contribution is -2.58. The van der Waals surface area contributed by atoms with Gasteiger partial charge >= 0.3 is 0 Å². The van der Waals surface area contributed by atoms with Crippen molar-refractivity contribution in [3.05, 3.63) is 61.2 Å². The van der Waals surface area contributed by atoms with E-state index in [0.29, 0.717) is 39.0 Å². The molecule has 1 spiro atoms. The molecule has 8 heteroatoms. The molecule has 1 aromatic carbocycles. The monoisotopic (exact) mass is 523 g/mol. The molecule has 8 nitrogen and oxygen atoms in total. The Kier molecular flexibility index (Phi) is 8.14. The molecule has 3 saturated heterocycles. The first kappa shape index (κ1) is 28.0. The fourth-order valence-corrected chi connectivity index (χ4v) is 6.86. The van der Waals surface area contributed by atoms with Gasteiger partial charge in [-0.05, 0) is 38.7 Å². The molecule has 1 N–H and O–H groups in total. The van der Waals surface area contributed by atoms with E-state index < -0.39 is 35.1 Å². The van der Waals surface area contributed by atoms with Gasteiger partial charge in [-0.1, -0.05) is 49.4 Å². The van der Waals surface area contributed by atoms with Crippen LogP contribution >= 0.6 is 0 Å². The first-order valence-corrected chi connectivity index (χ1v) is 13.7. The molecule has 206 valence electrons. The minimum atomic E-state index is -1.13. The van der Waals surface area contributed by atoms with E-state index >= 15 is 0 Å². The Labute approximate surface area is 225 Å². The van der Waals surface area contributed by atoms with Crippen molar-refractivity contribution in [2.24, 2.45) is 11.8 Å². The first-order valence-electron chi connectivity index (χ1n) is 13.7. The molecule has 3 aliphatic heterocycles. The predicted molar refractivity (Wildman–Crippen MR) is 145 cm³/mol. The van der Waals surface area contributed by atoms with Gasteiger partial charge in [0.1, 0.15) is 11.6 Å². The van der Waals surface area contributed by atoms with Gasteiger partial charge in [0.15, 0.2) is 0 Å². The zero-order valence-corrected chi connectivity index (χ0v) is 22.8. The normalized spacial score (nSPS) is 30.2. The summed E-state index contributed by atoms with van der Waals surface area (Å²) in [6.45, 7) is 14.6. The highest BCUT2D eigenvalue weighted by Crippen LogP contribution is 2.63. The second-order valence-electron chi connectivity index (χ2n) is 11.1. The number of amides is 3. The van der Waals surface area contributed by atoms with Crippen LogP contribution in [0.1, 0.15) is 45.6 Å². The van der Waals surface area contributed by atoms with Crippen molar-refractivity contribution in [1.82, 2.24) is 14.7 Å². The SMILES string of the molecule is C=CCN(Cc1ccccc1)C(=O)C1N([C@H](C)CO)C(=O)[C@@H]2[C@H](C(=O)N(CC=C)CCC)[C@]3(C)CCC12O3. The summed E-state index contributed by atoms with van der Waals surface area (Å²) in [6.07, 6.45) is 5.21. The van der Waals surface area contributed by atoms with Gasteiger partial charge in [-0.25, -0.2) is 0 Å². The molecule has 0 radical (unpaired) electrons. The maximum atomic E-state index is 14.4. The van der Waals surface area contributed by atoms with Gasteiger partial charge < -0.3 is 24.5 Å². The zero-order valence-electron chi connectivity index (χ0n) is 22.8. The highest BCUT2D eigenvalue weighted by molar-refractivity contribution is 5.99. The molecule has 0 saturated carbocycles. The van der Waals surface area contributed by atoms with E-state index in [1.165, 1.54) is 4.90 Å². The molecule has 3 aliphatic rings. The fraction of sp³-hybridized carbons (Fsp3) is 0.567. The summed E-state index contributed by atoms with van der Waals surface area (Å²) >= 11 is 0. The number of carbonyl (C=O) groups is 3. The first-order chi connectivity index (χ1) is 18.2. The number of hydrogen-bond donors (Lipinski definition) is 1. The van der Waals surface area contributed by atoms with Crippen LogP contribution in [0.4, 0.5) is 0 Å². The fourth-order valence-electron chi connectivity index (χ4n) is 6.86. The minimum Gasteiger partial charge on any atom is -0.394 e. The minimum absolute atomic E-state index is 0.133. The Bertz CT molecular complexity index is 1080. The van der Waals surface area contributed by atoms with Gasteiger partial charge in [-0.3, -0.25) is 14.4 Å². The van der Waals surface area contributed by atoms with Crippen molar-refractivity contribution < 1.29 is 24.2 Å².